The van der Waals surface area contributed by atoms with Gasteiger partial charge in [0.15, 0.2) is 0 Å². The minimum absolute atomic E-state index is 0.0519. The molecule has 1 saturated heterocycles. The average molecular weight is 308 g/mol. The van der Waals surface area contributed by atoms with Gasteiger partial charge in [-0.15, -0.1) is 0 Å². The second-order valence-electron chi connectivity index (χ2n) is 5.64. The predicted molar refractivity (Wildman–Crippen MR) is 81.1 cm³/mol. The first kappa shape index (κ1) is 14.2. The lowest BCUT2D eigenvalue weighted by molar-refractivity contribution is -0.125. The van der Waals surface area contributed by atoms with Crippen molar-refractivity contribution in [1.29, 1.82) is 0 Å². The number of carbonyl (C=O) groups excluding carboxylic acids is 2. The Bertz CT molecular complexity index is 586. The number of hydrogen-bond acceptors (Lipinski definition) is 3. The van der Waals surface area contributed by atoms with Crippen LogP contribution in [-0.2, 0) is 4.79 Å². The summed E-state index contributed by atoms with van der Waals surface area (Å²) in [5.41, 5.74) is 6.53. The maximum atomic E-state index is 12.6. The molecule has 0 bridgehead atoms. The van der Waals surface area contributed by atoms with Crippen LogP contribution in [0, 0.1) is 0 Å². The molecule has 1 heterocycles. The Morgan fingerprint density at radius 1 is 1.29 bits per heavy atom. The molecule has 1 unspecified atom stereocenters. The first-order chi connectivity index (χ1) is 10.1. The van der Waals surface area contributed by atoms with Gasteiger partial charge >= 0.3 is 0 Å². The van der Waals surface area contributed by atoms with Gasteiger partial charge in [-0.1, -0.05) is 17.7 Å². The SMILES string of the molecule is Nc1c(Cl)cccc1C(=O)N1CCCC1C(=O)NC1CC1. The van der Waals surface area contributed by atoms with Gasteiger partial charge in [-0.05, 0) is 37.8 Å². The van der Waals surface area contributed by atoms with Gasteiger partial charge in [-0.3, -0.25) is 9.59 Å². The van der Waals surface area contributed by atoms with Crippen LogP contribution in [0.4, 0.5) is 5.69 Å². The smallest absolute Gasteiger partial charge is 0.256 e. The average Bonchev–Trinajstić information content (AvgIpc) is 3.14. The highest BCUT2D eigenvalue weighted by Crippen LogP contribution is 2.27. The third kappa shape index (κ3) is 2.83. The zero-order valence-electron chi connectivity index (χ0n) is 11.6. The standard InChI is InChI=1S/C15H18ClN3O2/c16-11-4-1-3-10(13(11)17)15(21)19-8-2-5-12(19)14(20)18-9-6-7-9/h1,3-4,9,12H,2,5-8,17H2,(H,18,20). The van der Waals surface area contributed by atoms with E-state index in [-0.39, 0.29) is 17.5 Å². The molecule has 2 amide bonds. The molecule has 2 fully saturated rings. The van der Waals surface area contributed by atoms with E-state index in [1.165, 1.54) is 0 Å². The third-order valence-corrected chi connectivity index (χ3v) is 4.35. The lowest BCUT2D eigenvalue weighted by Gasteiger charge is -2.24. The van der Waals surface area contributed by atoms with E-state index in [9.17, 15) is 9.59 Å². The molecule has 21 heavy (non-hydrogen) atoms. The molecule has 1 saturated carbocycles. The van der Waals surface area contributed by atoms with Crippen molar-refractivity contribution in [3.8, 4) is 0 Å². The quantitative estimate of drug-likeness (QED) is 0.836. The molecule has 1 aliphatic heterocycles. The molecule has 3 rings (SSSR count). The maximum absolute atomic E-state index is 12.6. The second kappa shape index (κ2) is 5.56. The summed E-state index contributed by atoms with van der Waals surface area (Å²) in [6, 6.07) is 4.90. The van der Waals surface area contributed by atoms with Gasteiger partial charge in [0, 0.05) is 12.6 Å². The largest absolute Gasteiger partial charge is 0.397 e. The first-order valence-corrected chi connectivity index (χ1v) is 7.61. The van der Waals surface area contributed by atoms with Crippen LogP contribution >= 0.6 is 11.6 Å². The molecule has 1 aromatic rings. The molecule has 1 aliphatic carbocycles. The monoisotopic (exact) mass is 307 g/mol. The van der Waals surface area contributed by atoms with E-state index in [4.69, 9.17) is 17.3 Å². The van der Waals surface area contributed by atoms with Crippen molar-refractivity contribution >= 4 is 29.1 Å². The summed E-state index contributed by atoms with van der Waals surface area (Å²) < 4.78 is 0. The summed E-state index contributed by atoms with van der Waals surface area (Å²) in [5.74, 6) is -0.271. The number of amides is 2. The summed E-state index contributed by atoms with van der Waals surface area (Å²) in [5, 5.41) is 3.33. The van der Waals surface area contributed by atoms with Crippen molar-refractivity contribution in [2.75, 3.05) is 12.3 Å². The lowest BCUT2D eigenvalue weighted by Crippen LogP contribution is -2.46. The Kier molecular flexibility index (Phi) is 3.76. The number of anilines is 1. The van der Waals surface area contributed by atoms with Crippen molar-refractivity contribution < 1.29 is 9.59 Å². The summed E-state index contributed by atoms with van der Waals surface area (Å²) in [6.07, 6.45) is 3.60. The molecule has 112 valence electrons. The molecular weight excluding hydrogens is 290 g/mol. The number of carbonyl (C=O) groups is 2. The summed E-state index contributed by atoms with van der Waals surface area (Å²) in [4.78, 5) is 26.5. The van der Waals surface area contributed by atoms with Crippen LogP contribution in [0.2, 0.25) is 5.02 Å². The van der Waals surface area contributed by atoms with Crippen LogP contribution in [-0.4, -0.2) is 35.3 Å². The second-order valence-corrected chi connectivity index (χ2v) is 6.05. The molecule has 6 heteroatoms. The van der Waals surface area contributed by atoms with E-state index in [0.29, 0.717) is 29.6 Å². The first-order valence-electron chi connectivity index (χ1n) is 7.23. The summed E-state index contributed by atoms with van der Waals surface area (Å²) in [7, 11) is 0. The van der Waals surface area contributed by atoms with Crippen molar-refractivity contribution in [3.05, 3.63) is 28.8 Å². The van der Waals surface area contributed by atoms with E-state index in [0.717, 1.165) is 19.3 Å². The Balaban J connectivity index is 1.79. The molecule has 1 atom stereocenters. The number of nitrogens with zero attached hydrogens (tertiary/aromatic N) is 1. The normalized spacial score (nSPS) is 21.4. The van der Waals surface area contributed by atoms with Crippen molar-refractivity contribution in [2.24, 2.45) is 0 Å². The molecule has 5 nitrogen and oxygen atoms in total. The van der Waals surface area contributed by atoms with Crippen LogP contribution in [0.15, 0.2) is 18.2 Å². The maximum Gasteiger partial charge on any atom is 0.256 e. The molecule has 0 aromatic heterocycles. The number of nitrogen functional groups attached to an aromatic ring is 1. The van der Waals surface area contributed by atoms with E-state index in [1.807, 2.05) is 0 Å². The van der Waals surface area contributed by atoms with E-state index in [1.54, 1.807) is 23.1 Å². The van der Waals surface area contributed by atoms with Crippen LogP contribution in [0.3, 0.4) is 0 Å². The number of halogens is 1. The van der Waals surface area contributed by atoms with Crippen molar-refractivity contribution in [1.82, 2.24) is 10.2 Å². The van der Waals surface area contributed by atoms with Crippen LogP contribution in [0.5, 0.6) is 0 Å². The number of hydrogen-bond donors (Lipinski definition) is 2. The topological polar surface area (TPSA) is 75.4 Å². The van der Waals surface area contributed by atoms with Gasteiger partial charge in [0.2, 0.25) is 5.91 Å². The molecule has 0 spiro atoms. The molecular formula is C15H18ClN3O2. The van der Waals surface area contributed by atoms with Gasteiger partial charge in [0.05, 0.1) is 16.3 Å². The van der Waals surface area contributed by atoms with E-state index >= 15 is 0 Å². The number of benzene rings is 1. The van der Waals surface area contributed by atoms with Crippen molar-refractivity contribution in [3.63, 3.8) is 0 Å². The van der Waals surface area contributed by atoms with E-state index < -0.39 is 6.04 Å². The number of nitrogens with two attached hydrogens (primary N) is 1. The number of likely N-dealkylation sites (tertiary alicyclic amines) is 1. The Morgan fingerprint density at radius 3 is 2.76 bits per heavy atom. The zero-order valence-corrected chi connectivity index (χ0v) is 12.4. The molecule has 3 N–H and O–H groups in total. The van der Waals surface area contributed by atoms with Crippen LogP contribution < -0.4 is 11.1 Å². The highest BCUT2D eigenvalue weighted by Gasteiger charge is 2.37. The molecule has 0 radical (unpaired) electrons. The van der Waals surface area contributed by atoms with Gasteiger partial charge in [0.1, 0.15) is 6.04 Å². The van der Waals surface area contributed by atoms with Crippen molar-refractivity contribution in [2.45, 2.75) is 37.8 Å². The van der Waals surface area contributed by atoms with Crippen LogP contribution in [0.1, 0.15) is 36.0 Å². The highest BCUT2D eigenvalue weighted by atomic mass is 35.5. The predicted octanol–water partition coefficient (Wildman–Crippen LogP) is 1.81. The molecule has 1 aromatic carbocycles. The fraction of sp³-hybridized carbons (Fsp3) is 0.467. The zero-order chi connectivity index (χ0) is 15.0. The van der Waals surface area contributed by atoms with Gasteiger partial charge in [0.25, 0.3) is 5.91 Å². The fourth-order valence-corrected chi connectivity index (χ4v) is 2.86. The number of rotatable bonds is 3. The number of nitrogens with one attached hydrogen (secondary N) is 1. The third-order valence-electron chi connectivity index (χ3n) is 4.02. The summed E-state index contributed by atoms with van der Waals surface area (Å²) in [6.45, 7) is 0.577. The minimum Gasteiger partial charge on any atom is -0.397 e. The summed E-state index contributed by atoms with van der Waals surface area (Å²) >= 11 is 5.97. The highest BCUT2D eigenvalue weighted by molar-refractivity contribution is 6.34. The molecule has 2 aliphatic rings. The Morgan fingerprint density at radius 2 is 2.05 bits per heavy atom. The number of para-hydroxylation sites is 1. The fourth-order valence-electron chi connectivity index (χ4n) is 2.69. The van der Waals surface area contributed by atoms with Crippen LogP contribution in [0.25, 0.3) is 0 Å². The van der Waals surface area contributed by atoms with Gasteiger partial charge < -0.3 is 16.0 Å². The Labute approximate surface area is 128 Å². The lowest BCUT2D eigenvalue weighted by atomic mass is 10.1. The van der Waals surface area contributed by atoms with Gasteiger partial charge in [-0.25, -0.2) is 0 Å². The minimum atomic E-state index is -0.392. The van der Waals surface area contributed by atoms with Gasteiger partial charge in [-0.2, -0.15) is 0 Å². The van der Waals surface area contributed by atoms with E-state index in [2.05, 4.69) is 5.32 Å². The Hall–Kier alpha value is -1.75.